The number of thiophene rings is 1. The van der Waals surface area contributed by atoms with Crippen molar-refractivity contribution in [3.05, 3.63) is 53.9 Å². The van der Waals surface area contributed by atoms with E-state index < -0.39 is 9.84 Å². The molecule has 27 heavy (non-hydrogen) atoms. The number of nitrogens with zero attached hydrogens (tertiary/aromatic N) is 3. The summed E-state index contributed by atoms with van der Waals surface area (Å²) >= 11 is 2.76. The smallest absolute Gasteiger partial charge is 0.213 e. The molecule has 0 amide bonds. The molecule has 0 saturated heterocycles. The van der Waals surface area contributed by atoms with Crippen molar-refractivity contribution in [3.8, 4) is 10.6 Å². The Morgan fingerprint density at radius 3 is 2.52 bits per heavy atom. The van der Waals surface area contributed by atoms with Crippen LogP contribution in [-0.4, -0.2) is 29.3 Å². The van der Waals surface area contributed by atoms with Crippen LogP contribution in [0.5, 0.6) is 0 Å². The van der Waals surface area contributed by atoms with E-state index in [1.165, 1.54) is 27.6 Å². The molecule has 0 atom stereocenters. The lowest BCUT2D eigenvalue weighted by molar-refractivity contribution is 0.594. The minimum absolute atomic E-state index is 0. The SMILES string of the molecule is CSc1nn2c(N)cc(-c3cccs3)nc2c1S(=O)(=O)c1ccccc1.Cl. The summed E-state index contributed by atoms with van der Waals surface area (Å²) in [4.78, 5) is 5.77. The monoisotopic (exact) mass is 438 g/mol. The van der Waals surface area contributed by atoms with Crippen LogP contribution in [0.15, 0.2) is 68.7 Å². The molecule has 0 unspecified atom stereocenters. The number of halogens is 1. The number of hydrogen-bond donors (Lipinski definition) is 1. The third kappa shape index (κ3) is 3.31. The Balaban J connectivity index is 0.00000210. The Labute approximate surface area is 170 Å². The van der Waals surface area contributed by atoms with Crippen molar-refractivity contribution in [2.75, 3.05) is 12.0 Å². The van der Waals surface area contributed by atoms with Crippen molar-refractivity contribution in [2.45, 2.75) is 14.8 Å². The number of fused-ring (bicyclic) bond motifs is 1. The van der Waals surface area contributed by atoms with Crippen LogP contribution in [0.3, 0.4) is 0 Å². The maximum Gasteiger partial charge on any atom is 0.213 e. The molecule has 3 heterocycles. The van der Waals surface area contributed by atoms with Gasteiger partial charge in [-0.15, -0.1) is 35.5 Å². The molecule has 4 rings (SSSR count). The third-order valence-corrected chi connectivity index (χ3v) is 7.33. The minimum atomic E-state index is -3.79. The van der Waals surface area contributed by atoms with Crippen molar-refractivity contribution < 1.29 is 8.42 Å². The molecule has 4 aromatic rings. The molecule has 10 heteroatoms. The molecular weight excluding hydrogens is 424 g/mol. The molecule has 1 aromatic carbocycles. The summed E-state index contributed by atoms with van der Waals surface area (Å²) in [5, 5.41) is 6.67. The first-order chi connectivity index (χ1) is 12.5. The second-order valence-electron chi connectivity index (χ2n) is 5.43. The van der Waals surface area contributed by atoms with Gasteiger partial charge in [0.15, 0.2) is 10.5 Å². The number of benzene rings is 1. The fourth-order valence-corrected chi connectivity index (χ4v) is 5.74. The number of anilines is 1. The normalized spacial score (nSPS) is 11.4. The zero-order valence-electron chi connectivity index (χ0n) is 14.1. The molecule has 0 spiro atoms. The maximum absolute atomic E-state index is 13.3. The van der Waals surface area contributed by atoms with Crippen LogP contribution in [-0.2, 0) is 9.84 Å². The van der Waals surface area contributed by atoms with Gasteiger partial charge in [0.1, 0.15) is 10.8 Å². The highest BCUT2D eigenvalue weighted by molar-refractivity contribution is 7.99. The third-order valence-electron chi connectivity index (χ3n) is 3.83. The summed E-state index contributed by atoms with van der Waals surface area (Å²) in [6, 6.07) is 13.8. The second kappa shape index (κ2) is 7.51. The topological polar surface area (TPSA) is 90.3 Å². The molecule has 0 aliphatic rings. The zero-order chi connectivity index (χ0) is 18.3. The molecule has 3 aromatic heterocycles. The van der Waals surface area contributed by atoms with Crippen LogP contribution < -0.4 is 5.73 Å². The summed E-state index contributed by atoms with van der Waals surface area (Å²) in [6.45, 7) is 0. The van der Waals surface area contributed by atoms with E-state index >= 15 is 0 Å². The lowest BCUT2D eigenvalue weighted by atomic mass is 10.3. The van der Waals surface area contributed by atoms with Crippen molar-refractivity contribution in [1.82, 2.24) is 14.6 Å². The van der Waals surface area contributed by atoms with E-state index in [4.69, 9.17) is 5.73 Å². The molecule has 0 fully saturated rings. The van der Waals surface area contributed by atoms with Crippen LogP contribution in [0.1, 0.15) is 0 Å². The van der Waals surface area contributed by atoms with Gasteiger partial charge in [-0.1, -0.05) is 24.3 Å². The van der Waals surface area contributed by atoms with Gasteiger partial charge in [0, 0.05) is 6.07 Å². The number of aromatic nitrogens is 3. The van der Waals surface area contributed by atoms with Crippen LogP contribution in [0.2, 0.25) is 0 Å². The highest BCUT2D eigenvalue weighted by Gasteiger charge is 2.29. The standard InChI is InChI=1S/C17H14N4O2S3.ClH/c1-24-17-15(26(22,23)11-6-3-2-4-7-11)16-19-12(13-8-5-9-25-13)10-14(18)21(16)20-17;/h2-10H,18H2,1H3;1H. The predicted octanol–water partition coefficient (Wildman–Crippen LogP) is 4.02. The van der Waals surface area contributed by atoms with E-state index in [1.54, 1.807) is 42.7 Å². The summed E-state index contributed by atoms with van der Waals surface area (Å²) < 4.78 is 27.9. The number of nitrogens with two attached hydrogens (primary N) is 1. The largest absolute Gasteiger partial charge is 0.384 e. The van der Waals surface area contributed by atoms with Crippen LogP contribution in [0.25, 0.3) is 16.2 Å². The fourth-order valence-electron chi connectivity index (χ4n) is 2.64. The van der Waals surface area contributed by atoms with Gasteiger partial charge in [-0.25, -0.2) is 13.4 Å². The lowest BCUT2D eigenvalue weighted by Crippen LogP contribution is -2.05. The first kappa shape index (κ1) is 19.7. The zero-order valence-corrected chi connectivity index (χ0v) is 17.3. The molecule has 6 nitrogen and oxygen atoms in total. The first-order valence-corrected chi connectivity index (χ1v) is 11.2. The Morgan fingerprint density at radius 2 is 1.89 bits per heavy atom. The van der Waals surface area contributed by atoms with E-state index in [9.17, 15) is 8.42 Å². The average Bonchev–Trinajstić information content (AvgIpc) is 3.30. The van der Waals surface area contributed by atoms with Crippen LogP contribution in [0, 0.1) is 0 Å². The summed E-state index contributed by atoms with van der Waals surface area (Å²) in [7, 11) is -3.79. The predicted molar refractivity (Wildman–Crippen MR) is 112 cm³/mol. The van der Waals surface area contributed by atoms with Crippen LogP contribution in [0.4, 0.5) is 5.82 Å². The maximum atomic E-state index is 13.3. The number of thioether (sulfide) groups is 1. The Bertz CT molecular complexity index is 1190. The number of rotatable bonds is 4. The first-order valence-electron chi connectivity index (χ1n) is 7.59. The van der Waals surface area contributed by atoms with Gasteiger partial charge in [0.2, 0.25) is 9.84 Å². The van der Waals surface area contributed by atoms with Crippen molar-refractivity contribution in [3.63, 3.8) is 0 Å². The molecule has 0 aliphatic carbocycles. The highest BCUT2D eigenvalue weighted by Crippen LogP contribution is 2.34. The molecule has 2 N–H and O–H groups in total. The van der Waals surface area contributed by atoms with E-state index in [0.29, 0.717) is 16.5 Å². The second-order valence-corrected chi connectivity index (χ2v) is 9.06. The van der Waals surface area contributed by atoms with Gasteiger partial charge in [0.05, 0.1) is 15.5 Å². The fraction of sp³-hybridized carbons (Fsp3) is 0.0588. The molecule has 0 aliphatic heterocycles. The van der Waals surface area contributed by atoms with E-state index in [-0.39, 0.29) is 27.8 Å². The quantitative estimate of drug-likeness (QED) is 0.484. The van der Waals surface area contributed by atoms with Gasteiger partial charge >= 0.3 is 0 Å². The number of nitrogen functional groups attached to an aromatic ring is 1. The number of hydrogen-bond acceptors (Lipinski definition) is 7. The summed E-state index contributed by atoms with van der Waals surface area (Å²) in [5.74, 6) is 0.336. The average molecular weight is 439 g/mol. The van der Waals surface area contributed by atoms with Crippen molar-refractivity contribution in [1.29, 1.82) is 0 Å². The molecule has 0 radical (unpaired) electrons. The van der Waals surface area contributed by atoms with Crippen LogP contribution >= 0.6 is 35.5 Å². The molecule has 0 bridgehead atoms. The van der Waals surface area contributed by atoms with E-state index in [2.05, 4.69) is 10.1 Å². The van der Waals surface area contributed by atoms with Crippen molar-refractivity contribution >= 4 is 56.8 Å². The molecular formula is C17H15ClN4O2S3. The van der Waals surface area contributed by atoms with E-state index in [1.807, 2.05) is 17.5 Å². The summed E-state index contributed by atoms with van der Waals surface area (Å²) in [5.41, 5.74) is 7.01. The van der Waals surface area contributed by atoms with Gasteiger partial charge in [0.25, 0.3) is 0 Å². The van der Waals surface area contributed by atoms with Crippen molar-refractivity contribution in [2.24, 2.45) is 0 Å². The molecule has 140 valence electrons. The Kier molecular flexibility index (Phi) is 5.48. The van der Waals surface area contributed by atoms with E-state index in [0.717, 1.165) is 4.88 Å². The van der Waals surface area contributed by atoms with Gasteiger partial charge in [-0.2, -0.15) is 9.61 Å². The lowest BCUT2D eigenvalue weighted by Gasteiger charge is -2.06. The highest BCUT2D eigenvalue weighted by atomic mass is 35.5. The Hall–Kier alpha value is -2.07. The Morgan fingerprint density at radius 1 is 1.15 bits per heavy atom. The number of sulfone groups is 1. The van der Waals surface area contributed by atoms with Gasteiger partial charge < -0.3 is 5.73 Å². The van der Waals surface area contributed by atoms with Gasteiger partial charge in [-0.3, -0.25) is 0 Å². The summed E-state index contributed by atoms with van der Waals surface area (Å²) in [6.07, 6.45) is 1.78. The van der Waals surface area contributed by atoms with Gasteiger partial charge in [-0.05, 0) is 29.8 Å². The molecule has 0 saturated carbocycles. The minimum Gasteiger partial charge on any atom is -0.384 e.